The number of benzene rings is 2. The van der Waals surface area contributed by atoms with Crippen LogP contribution in [0.3, 0.4) is 0 Å². The van der Waals surface area contributed by atoms with Crippen molar-refractivity contribution in [2.45, 2.75) is 19.3 Å². The van der Waals surface area contributed by atoms with Crippen molar-refractivity contribution in [3.05, 3.63) is 72.2 Å². The summed E-state index contributed by atoms with van der Waals surface area (Å²) in [6.07, 6.45) is 2.65. The summed E-state index contributed by atoms with van der Waals surface area (Å²) < 4.78 is 13.1. The standard InChI is InChI=1S/C25H32FN5O/c1-30(19-25(32)27-15-7-17-31(2)23-9-4-3-5-10-23)16-6-8-22-18-24(29-28-22)20-11-13-21(26)14-12-20/h3-5,9-14,18H,6-8,15-17,19H2,1-2H3,(H,27,32)(H,28,29). The summed E-state index contributed by atoms with van der Waals surface area (Å²) in [5, 5.41) is 10.4. The maximum absolute atomic E-state index is 13.1. The Morgan fingerprint density at radius 2 is 1.78 bits per heavy atom. The lowest BCUT2D eigenvalue weighted by Crippen LogP contribution is -2.36. The van der Waals surface area contributed by atoms with E-state index in [1.54, 1.807) is 12.1 Å². The first-order valence-electron chi connectivity index (χ1n) is 11.0. The van der Waals surface area contributed by atoms with Crippen molar-refractivity contribution >= 4 is 11.6 Å². The number of hydrogen-bond donors (Lipinski definition) is 2. The van der Waals surface area contributed by atoms with E-state index in [2.05, 4.69) is 39.6 Å². The monoisotopic (exact) mass is 437 g/mol. The maximum atomic E-state index is 13.1. The van der Waals surface area contributed by atoms with E-state index in [0.29, 0.717) is 13.1 Å². The van der Waals surface area contributed by atoms with Gasteiger partial charge in [-0.25, -0.2) is 4.39 Å². The summed E-state index contributed by atoms with van der Waals surface area (Å²) in [6.45, 7) is 2.77. The number of likely N-dealkylation sites (N-methyl/N-ethyl adjacent to an activating group) is 1. The molecule has 1 aromatic heterocycles. The van der Waals surface area contributed by atoms with Crippen molar-refractivity contribution in [2.24, 2.45) is 0 Å². The third-order valence-electron chi connectivity index (χ3n) is 5.36. The van der Waals surface area contributed by atoms with Crippen molar-refractivity contribution in [1.29, 1.82) is 0 Å². The molecule has 6 nitrogen and oxygen atoms in total. The number of carbonyl (C=O) groups is 1. The zero-order valence-corrected chi connectivity index (χ0v) is 18.9. The van der Waals surface area contributed by atoms with Gasteiger partial charge in [0.05, 0.1) is 12.2 Å². The van der Waals surface area contributed by atoms with Gasteiger partial charge >= 0.3 is 0 Å². The van der Waals surface area contributed by atoms with Crippen LogP contribution in [0.25, 0.3) is 11.3 Å². The highest BCUT2D eigenvalue weighted by Crippen LogP contribution is 2.18. The summed E-state index contributed by atoms with van der Waals surface area (Å²) in [7, 11) is 4.02. The first-order chi connectivity index (χ1) is 15.5. The van der Waals surface area contributed by atoms with Crippen LogP contribution in [0.1, 0.15) is 18.5 Å². The second-order valence-corrected chi connectivity index (χ2v) is 8.09. The lowest BCUT2D eigenvalue weighted by Gasteiger charge is -2.19. The molecule has 0 unspecified atom stereocenters. The fourth-order valence-corrected chi connectivity index (χ4v) is 3.53. The minimum absolute atomic E-state index is 0.0509. The smallest absolute Gasteiger partial charge is 0.234 e. The second-order valence-electron chi connectivity index (χ2n) is 8.09. The third kappa shape index (κ3) is 7.50. The van der Waals surface area contributed by atoms with E-state index >= 15 is 0 Å². The van der Waals surface area contributed by atoms with Crippen LogP contribution in [0, 0.1) is 5.82 Å². The van der Waals surface area contributed by atoms with Gasteiger partial charge in [-0.1, -0.05) is 18.2 Å². The molecule has 2 aromatic carbocycles. The quantitative estimate of drug-likeness (QED) is 0.424. The molecule has 1 amide bonds. The molecule has 0 aliphatic rings. The van der Waals surface area contributed by atoms with Gasteiger partial charge in [0.1, 0.15) is 5.82 Å². The molecule has 0 radical (unpaired) electrons. The largest absolute Gasteiger partial charge is 0.375 e. The van der Waals surface area contributed by atoms with E-state index in [9.17, 15) is 9.18 Å². The summed E-state index contributed by atoms with van der Waals surface area (Å²) in [5.74, 6) is -0.203. The number of amides is 1. The Bertz CT molecular complexity index is 958. The highest BCUT2D eigenvalue weighted by molar-refractivity contribution is 5.77. The average molecular weight is 438 g/mol. The first-order valence-corrected chi connectivity index (χ1v) is 11.0. The molecule has 7 heteroatoms. The van der Waals surface area contributed by atoms with Gasteiger partial charge in [0.25, 0.3) is 0 Å². The molecule has 0 aliphatic heterocycles. The Morgan fingerprint density at radius 3 is 2.53 bits per heavy atom. The van der Waals surface area contributed by atoms with Crippen LogP contribution < -0.4 is 10.2 Å². The summed E-state index contributed by atoms with van der Waals surface area (Å²) >= 11 is 0. The summed E-state index contributed by atoms with van der Waals surface area (Å²) in [6, 6.07) is 18.5. The third-order valence-corrected chi connectivity index (χ3v) is 5.36. The van der Waals surface area contributed by atoms with Gasteiger partial charge in [-0.15, -0.1) is 0 Å². The normalized spacial score (nSPS) is 11.0. The van der Waals surface area contributed by atoms with Crippen LogP contribution >= 0.6 is 0 Å². The van der Waals surface area contributed by atoms with Gasteiger partial charge < -0.3 is 10.2 Å². The van der Waals surface area contributed by atoms with Crippen molar-refractivity contribution in [3.8, 4) is 11.3 Å². The number of aromatic amines is 1. The minimum Gasteiger partial charge on any atom is -0.375 e. The molecule has 0 saturated heterocycles. The molecule has 1 heterocycles. The predicted octanol–water partition coefficient (Wildman–Crippen LogP) is 3.72. The first kappa shape index (κ1) is 23.5. The molecule has 0 atom stereocenters. The molecule has 0 fully saturated rings. The van der Waals surface area contributed by atoms with Gasteiger partial charge in [-0.2, -0.15) is 5.10 Å². The Morgan fingerprint density at radius 1 is 1.03 bits per heavy atom. The Kier molecular flexibility index (Phi) is 8.80. The number of carbonyl (C=O) groups excluding carboxylic acids is 1. The number of H-pyrrole nitrogens is 1. The van der Waals surface area contributed by atoms with Crippen LogP contribution in [0.15, 0.2) is 60.7 Å². The second kappa shape index (κ2) is 12.0. The van der Waals surface area contributed by atoms with Gasteiger partial charge in [0, 0.05) is 37.1 Å². The van der Waals surface area contributed by atoms with Gasteiger partial charge in [-0.3, -0.25) is 14.8 Å². The zero-order chi connectivity index (χ0) is 22.8. The van der Waals surface area contributed by atoms with E-state index in [0.717, 1.165) is 49.3 Å². The number of para-hydroxylation sites is 1. The predicted molar refractivity (Wildman–Crippen MR) is 127 cm³/mol. The molecule has 3 aromatic rings. The van der Waals surface area contributed by atoms with E-state index < -0.39 is 0 Å². The maximum Gasteiger partial charge on any atom is 0.234 e. The van der Waals surface area contributed by atoms with Crippen LogP contribution in [0.2, 0.25) is 0 Å². The molecule has 0 saturated carbocycles. The van der Waals surface area contributed by atoms with Crippen molar-refractivity contribution in [2.75, 3.05) is 45.2 Å². The number of nitrogens with zero attached hydrogens (tertiary/aromatic N) is 3. The van der Waals surface area contributed by atoms with E-state index in [-0.39, 0.29) is 11.7 Å². The minimum atomic E-state index is -0.254. The SMILES string of the molecule is CN(CCCc1cc(-c2ccc(F)cc2)n[nH]1)CC(=O)NCCCN(C)c1ccccc1. The van der Waals surface area contributed by atoms with E-state index in [1.165, 1.54) is 17.8 Å². The fourth-order valence-electron chi connectivity index (χ4n) is 3.53. The molecule has 32 heavy (non-hydrogen) atoms. The summed E-state index contributed by atoms with van der Waals surface area (Å²) in [4.78, 5) is 16.4. The van der Waals surface area contributed by atoms with Gasteiger partial charge in [0.15, 0.2) is 0 Å². The molecule has 0 bridgehead atoms. The molecular formula is C25H32FN5O. The molecule has 2 N–H and O–H groups in total. The number of rotatable bonds is 12. The van der Waals surface area contributed by atoms with E-state index in [4.69, 9.17) is 0 Å². The van der Waals surface area contributed by atoms with E-state index in [1.807, 2.05) is 36.2 Å². The lowest BCUT2D eigenvalue weighted by molar-refractivity contribution is -0.121. The topological polar surface area (TPSA) is 64.3 Å². The lowest BCUT2D eigenvalue weighted by atomic mass is 10.1. The Balaban J connectivity index is 1.29. The molecular weight excluding hydrogens is 405 g/mol. The highest BCUT2D eigenvalue weighted by atomic mass is 19.1. The Labute approximate surface area is 189 Å². The zero-order valence-electron chi connectivity index (χ0n) is 18.9. The molecule has 0 aliphatic carbocycles. The average Bonchev–Trinajstić information content (AvgIpc) is 3.26. The van der Waals surface area contributed by atoms with Gasteiger partial charge in [0.2, 0.25) is 5.91 Å². The van der Waals surface area contributed by atoms with Crippen molar-refractivity contribution < 1.29 is 9.18 Å². The van der Waals surface area contributed by atoms with Crippen LogP contribution in [0.5, 0.6) is 0 Å². The number of nitrogens with one attached hydrogen (secondary N) is 2. The van der Waals surface area contributed by atoms with Crippen LogP contribution in [0.4, 0.5) is 10.1 Å². The van der Waals surface area contributed by atoms with Crippen molar-refractivity contribution in [3.63, 3.8) is 0 Å². The number of aryl methyl sites for hydroxylation is 1. The fraction of sp³-hybridized carbons (Fsp3) is 0.360. The molecule has 0 spiro atoms. The number of hydrogen-bond acceptors (Lipinski definition) is 4. The molecule has 3 rings (SSSR count). The summed E-state index contributed by atoms with van der Waals surface area (Å²) in [5.41, 5.74) is 3.91. The number of halogens is 1. The number of anilines is 1. The highest BCUT2D eigenvalue weighted by Gasteiger charge is 2.08. The van der Waals surface area contributed by atoms with Crippen LogP contribution in [-0.4, -0.2) is 61.3 Å². The van der Waals surface area contributed by atoms with Crippen molar-refractivity contribution in [1.82, 2.24) is 20.4 Å². The number of aromatic nitrogens is 2. The van der Waals surface area contributed by atoms with Crippen LogP contribution in [-0.2, 0) is 11.2 Å². The van der Waals surface area contributed by atoms with Gasteiger partial charge in [-0.05, 0) is 75.3 Å². The Hall–Kier alpha value is -3.19. The molecule has 170 valence electrons.